The first-order chi connectivity index (χ1) is 49.0. The standard InChI is InChI=1S/C27H19N2OP.2C27H18N2OP.C5H6O2.2Ir/c3*30-31(20-11-3-1-4-12-20,21-13-5-2-6-14-21)26-19-28-27-24-17-8-7-15-22(24)23-16-9-10-18-25(23)29(26)27;1-4(6)3-5(2)7;;/h1-19H;2*1-16,18-19H;1-2H3;;/q;2*-1;;;/p+1. The zero-order chi connectivity index (χ0) is 68.4. The van der Waals surface area contributed by atoms with Gasteiger partial charge in [0.05, 0.1) is 29.9 Å². The molecular weight excluding hydrogens is 1670 g/mol. The van der Waals surface area contributed by atoms with E-state index in [-0.39, 0.29) is 51.8 Å². The van der Waals surface area contributed by atoms with Crippen molar-refractivity contribution in [2.45, 2.75) is 13.8 Å². The number of carbonyl (C=O) groups is 1. The Morgan fingerprint density at radius 3 is 0.863 bits per heavy atom. The molecule has 0 bridgehead atoms. The third kappa shape index (κ3) is 12.5. The van der Waals surface area contributed by atoms with Crippen LogP contribution in [0.3, 0.4) is 0 Å². The summed E-state index contributed by atoms with van der Waals surface area (Å²) in [6, 6.07) is 110. The van der Waals surface area contributed by atoms with Crippen molar-refractivity contribution < 1.29 is 63.8 Å². The molecule has 2 radical (unpaired) electrons. The number of nitrogens with zero attached hydrogens (tertiary/aromatic N) is 6. The predicted molar refractivity (Wildman–Crippen MR) is 412 cm³/mol. The number of imidazole rings is 3. The number of hydrogen-bond donors (Lipinski definition) is 1. The maximum atomic E-state index is 15.0. The van der Waals surface area contributed by atoms with Crippen molar-refractivity contribution in [1.29, 1.82) is 0 Å². The molecule has 18 aromatic rings. The van der Waals surface area contributed by atoms with Gasteiger partial charge < -0.3 is 27.6 Å². The van der Waals surface area contributed by atoms with Gasteiger partial charge in [-0.1, -0.05) is 272 Å². The molecule has 0 aliphatic carbocycles. The number of pyridine rings is 3. The number of ketones is 1. The van der Waals surface area contributed by atoms with Crippen molar-refractivity contribution in [2.75, 3.05) is 0 Å². The molecule has 11 nitrogen and oxygen atoms in total. The van der Waals surface area contributed by atoms with Crippen molar-refractivity contribution in [1.82, 2.24) is 28.2 Å². The number of allylic oxidation sites excluding steroid dienone is 2. The maximum absolute atomic E-state index is 15.0. The van der Waals surface area contributed by atoms with Crippen LogP contribution in [0.15, 0.2) is 340 Å². The number of aliphatic hydroxyl groups is 1. The SMILES string of the molecule is CC(=O)[C+]=C(C)O.O=P(c1ccccc1)(c1ccccc1)c1cnc2c3[c-]cccc3c3ccccc3n12.O=P(c1ccccc1)(c1ccccc1)c1cnc2c3[c-]cccc3c3ccccc3n12.O=P(c1ccccc1)(c1ccccc1)c1cnc2c3ccccc3c3ccccc3n12.[Ir].[Ir]. The molecule has 6 heterocycles. The predicted octanol–water partition coefficient (Wildman–Crippen LogP) is 16.3. The summed E-state index contributed by atoms with van der Waals surface area (Å²) in [4.78, 5) is 24.3. The van der Waals surface area contributed by atoms with E-state index < -0.39 is 21.4 Å². The van der Waals surface area contributed by atoms with Crippen LogP contribution in [0, 0.1) is 18.2 Å². The second kappa shape index (κ2) is 29.9. The fourth-order valence-corrected chi connectivity index (χ4v) is 21.7. The van der Waals surface area contributed by atoms with Gasteiger partial charge in [-0.05, 0) is 34.4 Å². The molecule has 0 spiro atoms. The summed E-state index contributed by atoms with van der Waals surface area (Å²) < 4.78 is 51.2. The van der Waals surface area contributed by atoms with Crippen molar-refractivity contribution in [3.8, 4) is 0 Å². The van der Waals surface area contributed by atoms with Gasteiger partial charge in [0.15, 0.2) is 21.4 Å². The number of aromatic nitrogens is 6. The summed E-state index contributed by atoms with van der Waals surface area (Å²) in [6.45, 7) is 2.74. The summed E-state index contributed by atoms with van der Waals surface area (Å²) in [5.74, 6) is -0.312. The first-order valence-electron chi connectivity index (χ1n) is 32.6. The van der Waals surface area contributed by atoms with E-state index in [0.29, 0.717) is 10.9 Å². The summed E-state index contributed by atoms with van der Waals surface area (Å²) in [5.41, 5.74) is 7.50. The molecule has 500 valence electrons. The van der Waals surface area contributed by atoms with E-state index in [1.54, 1.807) is 18.6 Å². The summed E-state index contributed by atoms with van der Waals surface area (Å²) in [7, 11) is -9.50. The van der Waals surface area contributed by atoms with Gasteiger partial charge in [0, 0.05) is 113 Å². The molecule has 18 rings (SSSR count). The molecule has 0 amide bonds. The van der Waals surface area contributed by atoms with Crippen LogP contribution in [0.2, 0.25) is 0 Å². The molecule has 16 heteroatoms. The average Bonchev–Trinajstić information content (AvgIpc) is 1.51. The Labute approximate surface area is 616 Å². The van der Waals surface area contributed by atoms with Crippen molar-refractivity contribution in [3.05, 3.63) is 358 Å². The Bertz CT molecular complexity index is 5560. The third-order valence-electron chi connectivity index (χ3n) is 17.9. The van der Waals surface area contributed by atoms with Crippen LogP contribution < -0.4 is 48.1 Å². The molecule has 0 atom stereocenters. The summed E-state index contributed by atoms with van der Waals surface area (Å²) >= 11 is 0. The van der Waals surface area contributed by atoms with Crippen LogP contribution in [0.25, 0.3) is 82.0 Å². The Hall–Kier alpha value is -10.6. The Kier molecular flexibility index (Phi) is 20.5. The minimum atomic E-state index is -3.17. The fraction of sp³-hybridized carbons (Fsp3) is 0.0233. The van der Waals surface area contributed by atoms with E-state index in [1.807, 2.05) is 255 Å². The first kappa shape index (κ1) is 69.8. The Balaban J connectivity index is 0.000000129. The van der Waals surface area contributed by atoms with Gasteiger partial charge in [-0.25, -0.2) is 9.78 Å². The van der Waals surface area contributed by atoms with E-state index in [4.69, 9.17) is 20.1 Å². The van der Waals surface area contributed by atoms with Crippen LogP contribution >= 0.6 is 21.4 Å². The van der Waals surface area contributed by atoms with E-state index in [9.17, 15) is 4.79 Å². The van der Waals surface area contributed by atoms with Crippen LogP contribution in [-0.4, -0.2) is 39.0 Å². The van der Waals surface area contributed by atoms with Crippen molar-refractivity contribution in [2.24, 2.45) is 0 Å². The second-order valence-corrected chi connectivity index (χ2v) is 32.1. The van der Waals surface area contributed by atoms with Gasteiger partial charge >= 0.3 is 17.6 Å². The van der Waals surface area contributed by atoms with Gasteiger partial charge in [-0.3, -0.25) is 14.4 Å². The van der Waals surface area contributed by atoms with Gasteiger partial charge in [0.1, 0.15) is 22.0 Å². The van der Waals surface area contributed by atoms with Gasteiger partial charge in [0.2, 0.25) is 0 Å². The molecule has 12 aromatic carbocycles. The molecule has 1 N–H and O–H groups in total. The van der Waals surface area contributed by atoms with E-state index in [1.165, 1.54) is 13.8 Å². The average molecular weight is 1740 g/mol. The second-order valence-electron chi connectivity index (χ2n) is 23.9. The topological polar surface area (TPSA) is 140 Å². The minimum absolute atomic E-state index is 0. The van der Waals surface area contributed by atoms with E-state index in [2.05, 4.69) is 92.1 Å². The normalized spacial score (nSPS) is 11.6. The van der Waals surface area contributed by atoms with Crippen LogP contribution in [0.4, 0.5) is 0 Å². The first-order valence-corrected chi connectivity index (χ1v) is 37.7. The zero-order valence-electron chi connectivity index (χ0n) is 55.0. The van der Waals surface area contributed by atoms with E-state index in [0.717, 1.165) is 119 Å². The minimum Gasteiger partial charge on any atom is -0.472 e. The van der Waals surface area contributed by atoms with Gasteiger partial charge in [-0.15, -0.1) is 59.3 Å². The number of Topliss-reactive ketones (excluding diaryl/α,β-unsaturated/α-hetero) is 1. The number of aliphatic hydroxyl groups excluding tert-OH is 1. The third-order valence-corrected chi connectivity index (χ3v) is 26.9. The number of fused-ring (bicyclic) bond motifs is 18. The number of hydrogen-bond acceptors (Lipinski definition) is 8. The largest absolute Gasteiger partial charge is 0.472 e. The molecule has 102 heavy (non-hydrogen) atoms. The van der Waals surface area contributed by atoms with Gasteiger partial charge in [0.25, 0.3) is 0 Å². The number of carbonyl (C=O) groups excluding carboxylic acids is 1. The number of rotatable bonds is 10. The van der Waals surface area contributed by atoms with Crippen LogP contribution in [0.1, 0.15) is 13.8 Å². The smallest absolute Gasteiger partial charge is 0.392 e. The number of para-hydroxylation sites is 3. The molecule has 6 aromatic heterocycles. The molecule has 0 aliphatic rings. The fourth-order valence-electron chi connectivity index (χ4n) is 13.6. The Morgan fingerprint density at radius 1 is 0.324 bits per heavy atom. The molecule has 0 unspecified atom stereocenters. The maximum Gasteiger partial charge on any atom is 0.392 e. The molecule has 0 fully saturated rings. The van der Waals surface area contributed by atoms with Gasteiger partial charge in [-0.2, -0.15) is 0 Å². The van der Waals surface area contributed by atoms with Crippen LogP contribution in [0.5, 0.6) is 0 Å². The quantitative estimate of drug-likeness (QED) is 0.0469. The summed E-state index contributed by atoms with van der Waals surface area (Å²) in [6.07, 6.45) is 7.50. The Morgan fingerprint density at radius 2 is 0.569 bits per heavy atom. The number of benzene rings is 12. The summed E-state index contributed by atoms with van der Waals surface area (Å²) in [5, 5.41) is 22.7. The zero-order valence-corrected chi connectivity index (χ0v) is 62.5. The molecule has 0 saturated carbocycles. The van der Waals surface area contributed by atoms with Crippen LogP contribution in [-0.2, 0) is 58.7 Å². The van der Waals surface area contributed by atoms with E-state index >= 15 is 13.7 Å². The van der Waals surface area contributed by atoms with Crippen molar-refractivity contribution >= 4 is 157 Å². The molecule has 0 aliphatic heterocycles. The van der Waals surface area contributed by atoms with Crippen molar-refractivity contribution in [3.63, 3.8) is 0 Å². The monoisotopic (exact) mass is 1740 g/mol. The molecule has 0 saturated heterocycles. The molecular formula is C86H62Ir2N6O5P3-.